The van der Waals surface area contributed by atoms with Crippen molar-refractivity contribution in [3.05, 3.63) is 12.8 Å². The van der Waals surface area contributed by atoms with Crippen LogP contribution in [0.1, 0.15) is 6.42 Å². The molecular weight excluding hydrogens is 264 g/mol. The molecule has 0 aliphatic heterocycles. The summed E-state index contributed by atoms with van der Waals surface area (Å²) < 4.78 is 102. The average Bonchev–Trinajstić information content (AvgIpc) is 2.17. The van der Waals surface area contributed by atoms with Crippen LogP contribution in [-0.4, -0.2) is 30.8 Å². The van der Waals surface area contributed by atoms with Crippen molar-refractivity contribution in [1.82, 2.24) is 0 Å². The molecule has 9 heteroatoms. The Morgan fingerprint density at radius 3 is 1.88 bits per heavy atom. The minimum Gasteiger partial charge on any atom is -0.502 e. The van der Waals surface area contributed by atoms with Crippen LogP contribution in [0.3, 0.4) is 0 Å². The first-order valence-electron chi connectivity index (χ1n) is 4.15. The zero-order valence-corrected chi connectivity index (χ0v) is 8.21. The normalized spacial score (nSPS) is 13.9. The lowest BCUT2D eigenvalue weighted by Gasteiger charge is -2.32. The number of halogens is 8. The van der Waals surface area contributed by atoms with Gasteiger partial charge in [0.2, 0.25) is 0 Å². The molecular formula is C8H8F8O. The largest absolute Gasteiger partial charge is 0.502 e. The quantitative estimate of drug-likeness (QED) is 0.390. The summed E-state index contributed by atoms with van der Waals surface area (Å²) in [6.45, 7) is 1.85. The zero-order valence-electron chi connectivity index (χ0n) is 8.21. The molecule has 0 aromatic carbocycles. The van der Waals surface area contributed by atoms with Gasteiger partial charge in [-0.2, -0.15) is 26.3 Å². The fourth-order valence-corrected chi connectivity index (χ4v) is 0.808. The molecule has 0 aromatic heterocycles. The SMILES string of the molecule is C=COCCC(F)(F)C(F)(F)C(F)(F)C(F)F. The standard InChI is InChI=1S/C8H8F8O/c1-2-17-4-3-6(11,12)8(15,16)7(13,14)5(9)10/h2,5H,1,3-4H2. The van der Waals surface area contributed by atoms with Crippen LogP contribution in [-0.2, 0) is 4.74 Å². The van der Waals surface area contributed by atoms with Gasteiger partial charge < -0.3 is 4.74 Å². The molecule has 0 fully saturated rings. The second-order valence-corrected chi connectivity index (χ2v) is 2.99. The van der Waals surface area contributed by atoms with Crippen LogP contribution in [0.25, 0.3) is 0 Å². The van der Waals surface area contributed by atoms with Crippen molar-refractivity contribution in [2.45, 2.75) is 30.6 Å². The molecule has 0 rings (SSSR count). The molecule has 0 aliphatic rings. The lowest BCUT2D eigenvalue weighted by molar-refractivity contribution is -0.340. The zero-order chi connectivity index (χ0) is 13.9. The summed E-state index contributed by atoms with van der Waals surface area (Å²) in [5.74, 6) is -17.6. The maximum Gasteiger partial charge on any atom is 0.377 e. The second kappa shape index (κ2) is 5.09. The van der Waals surface area contributed by atoms with Gasteiger partial charge in [0, 0.05) is 0 Å². The number of hydrogen-bond acceptors (Lipinski definition) is 1. The van der Waals surface area contributed by atoms with Gasteiger partial charge in [-0.1, -0.05) is 6.58 Å². The van der Waals surface area contributed by atoms with Crippen molar-refractivity contribution in [2.24, 2.45) is 0 Å². The smallest absolute Gasteiger partial charge is 0.377 e. The number of rotatable bonds is 7. The van der Waals surface area contributed by atoms with E-state index in [0.717, 1.165) is 0 Å². The van der Waals surface area contributed by atoms with E-state index in [2.05, 4.69) is 11.3 Å². The van der Waals surface area contributed by atoms with Crippen molar-refractivity contribution in [1.29, 1.82) is 0 Å². The number of alkyl halides is 8. The van der Waals surface area contributed by atoms with E-state index in [1.165, 1.54) is 0 Å². The van der Waals surface area contributed by atoms with Gasteiger partial charge in [0.05, 0.1) is 19.3 Å². The van der Waals surface area contributed by atoms with Gasteiger partial charge in [-0.25, -0.2) is 8.78 Å². The van der Waals surface area contributed by atoms with E-state index in [1.54, 1.807) is 0 Å². The predicted molar refractivity (Wildman–Crippen MR) is 41.6 cm³/mol. The van der Waals surface area contributed by atoms with Crippen molar-refractivity contribution >= 4 is 0 Å². The molecule has 0 radical (unpaired) electrons. The van der Waals surface area contributed by atoms with Gasteiger partial charge in [0.25, 0.3) is 0 Å². The van der Waals surface area contributed by atoms with Crippen LogP contribution in [0.5, 0.6) is 0 Å². The lowest BCUT2D eigenvalue weighted by atomic mass is 10.0. The van der Waals surface area contributed by atoms with Gasteiger partial charge in [-0.3, -0.25) is 0 Å². The van der Waals surface area contributed by atoms with Crippen molar-refractivity contribution in [3.63, 3.8) is 0 Å². The Morgan fingerprint density at radius 1 is 1.06 bits per heavy atom. The third kappa shape index (κ3) is 3.01. The van der Waals surface area contributed by atoms with E-state index in [0.29, 0.717) is 6.26 Å². The van der Waals surface area contributed by atoms with Gasteiger partial charge in [-0.05, 0) is 0 Å². The van der Waals surface area contributed by atoms with Gasteiger partial charge in [-0.15, -0.1) is 0 Å². The van der Waals surface area contributed by atoms with Gasteiger partial charge in [0.1, 0.15) is 0 Å². The highest BCUT2D eigenvalue weighted by atomic mass is 19.4. The highest BCUT2D eigenvalue weighted by Gasteiger charge is 2.74. The summed E-state index contributed by atoms with van der Waals surface area (Å²) in [6.07, 6.45) is -6.11. The summed E-state index contributed by atoms with van der Waals surface area (Å²) in [6, 6.07) is 0. The first kappa shape index (κ1) is 16.0. The van der Waals surface area contributed by atoms with Gasteiger partial charge >= 0.3 is 24.2 Å². The van der Waals surface area contributed by atoms with E-state index >= 15 is 0 Å². The molecule has 0 amide bonds. The summed E-state index contributed by atoms with van der Waals surface area (Å²) in [4.78, 5) is 0. The summed E-state index contributed by atoms with van der Waals surface area (Å²) >= 11 is 0. The van der Waals surface area contributed by atoms with E-state index in [-0.39, 0.29) is 0 Å². The Labute approximate surface area is 91.0 Å². The molecule has 0 bridgehead atoms. The number of hydrogen-bond donors (Lipinski definition) is 0. The summed E-state index contributed by atoms with van der Waals surface area (Å²) in [5.41, 5.74) is 0. The van der Waals surface area contributed by atoms with Gasteiger partial charge in [0.15, 0.2) is 0 Å². The van der Waals surface area contributed by atoms with E-state index < -0.39 is 37.2 Å². The van der Waals surface area contributed by atoms with Crippen LogP contribution in [0.15, 0.2) is 12.8 Å². The molecule has 17 heavy (non-hydrogen) atoms. The molecule has 102 valence electrons. The molecule has 1 nitrogen and oxygen atoms in total. The monoisotopic (exact) mass is 272 g/mol. The minimum absolute atomic E-state index is 0.624. The third-order valence-corrected chi connectivity index (χ3v) is 1.80. The Bertz CT molecular complexity index is 262. The molecule has 0 aliphatic carbocycles. The van der Waals surface area contributed by atoms with Crippen LogP contribution in [0.2, 0.25) is 0 Å². The molecule has 0 atom stereocenters. The van der Waals surface area contributed by atoms with Crippen LogP contribution < -0.4 is 0 Å². The fourth-order valence-electron chi connectivity index (χ4n) is 0.808. The topological polar surface area (TPSA) is 9.23 Å². The Kier molecular flexibility index (Phi) is 4.79. The first-order chi connectivity index (χ1) is 7.50. The molecule has 0 aromatic rings. The maximum atomic E-state index is 12.7. The highest BCUT2D eigenvalue weighted by Crippen LogP contribution is 2.49. The summed E-state index contributed by atoms with van der Waals surface area (Å²) in [7, 11) is 0. The maximum absolute atomic E-state index is 12.7. The number of ether oxygens (including phenoxy) is 1. The molecule has 0 heterocycles. The van der Waals surface area contributed by atoms with Crippen LogP contribution in [0.4, 0.5) is 35.1 Å². The van der Waals surface area contributed by atoms with E-state index in [9.17, 15) is 35.1 Å². The van der Waals surface area contributed by atoms with Crippen LogP contribution >= 0.6 is 0 Å². The molecule has 0 N–H and O–H groups in total. The first-order valence-corrected chi connectivity index (χ1v) is 4.15. The lowest BCUT2D eigenvalue weighted by Crippen LogP contribution is -2.57. The molecule has 0 spiro atoms. The third-order valence-electron chi connectivity index (χ3n) is 1.80. The molecule has 0 saturated heterocycles. The van der Waals surface area contributed by atoms with E-state index in [1.807, 2.05) is 0 Å². The average molecular weight is 272 g/mol. The minimum atomic E-state index is -6.17. The highest BCUT2D eigenvalue weighted by molar-refractivity contribution is 4.97. The van der Waals surface area contributed by atoms with E-state index in [4.69, 9.17) is 0 Å². The molecule has 0 saturated carbocycles. The Morgan fingerprint density at radius 2 is 1.53 bits per heavy atom. The predicted octanol–water partition coefficient (Wildman–Crippen LogP) is 3.71. The molecule has 0 unspecified atom stereocenters. The Balaban J connectivity index is 4.94. The summed E-state index contributed by atoms with van der Waals surface area (Å²) in [5, 5.41) is 0. The Hall–Kier alpha value is -1.02. The van der Waals surface area contributed by atoms with Crippen LogP contribution in [0, 0.1) is 0 Å². The van der Waals surface area contributed by atoms with Crippen molar-refractivity contribution in [3.8, 4) is 0 Å². The fraction of sp³-hybridized carbons (Fsp3) is 0.750. The van der Waals surface area contributed by atoms with Crippen molar-refractivity contribution in [2.75, 3.05) is 6.61 Å². The second-order valence-electron chi connectivity index (χ2n) is 2.99. The van der Waals surface area contributed by atoms with Crippen molar-refractivity contribution < 1.29 is 39.9 Å².